The Morgan fingerprint density at radius 2 is 1.76 bits per heavy atom. The van der Waals surface area contributed by atoms with Crippen LogP contribution in [0.1, 0.15) is 17.5 Å². The Balaban J connectivity index is 2.46. The van der Waals surface area contributed by atoms with Crippen LogP contribution in [0.25, 0.3) is 0 Å². The van der Waals surface area contributed by atoms with Crippen molar-refractivity contribution < 1.29 is 32.3 Å². The fourth-order valence-corrected chi connectivity index (χ4v) is 2.32. The van der Waals surface area contributed by atoms with Crippen LogP contribution in [-0.4, -0.2) is 44.6 Å². The molecule has 0 saturated carbocycles. The highest BCUT2D eigenvalue weighted by atomic mass is 32.2. The van der Waals surface area contributed by atoms with Crippen LogP contribution in [0.3, 0.4) is 0 Å². The van der Waals surface area contributed by atoms with Crippen molar-refractivity contribution in [2.75, 3.05) is 18.9 Å². The second-order valence-electron chi connectivity index (χ2n) is 4.43. The summed E-state index contributed by atoms with van der Waals surface area (Å²) < 4.78 is 61.8. The summed E-state index contributed by atoms with van der Waals surface area (Å²) in [6.07, 6.45) is -1.65. The molecule has 136 valence electrons. The summed E-state index contributed by atoms with van der Waals surface area (Å²) in [4.78, 5) is 11.4. The topological polar surface area (TPSA) is 112 Å². The van der Waals surface area contributed by atoms with Gasteiger partial charge in [0.15, 0.2) is 11.6 Å². The Kier molecular flexibility index (Phi) is 6.22. The third-order valence-electron chi connectivity index (χ3n) is 2.93. The quantitative estimate of drug-likeness (QED) is 0.696. The van der Waals surface area contributed by atoms with Crippen molar-refractivity contribution in [1.82, 2.24) is 15.0 Å². The molecule has 1 aromatic carbocycles. The molecule has 0 amide bonds. The SMILES string of the molecule is COc1nc(OC)nc(C(O)c2cccc(F)c2N[S+]([O-])C(F)F)n1. The molecule has 8 nitrogen and oxygen atoms in total. The molecular formula is C13H13F3N4O4S. The molecule has 0 aliphatic heterocycles. The second kappa shape index (κ2) is 8.18. The van der Waals surface area contributed by atoms with E-state index in [1.165, 1.54) is 26.4 Å². The average Bonchev–Trinajstić information content (AvgIpc) is 2.61. The Hall–Kier alpha value is -2.31. The zero-order valence-electron chi connectivity index (χ0n) is 12.9. The number of ether oxygens (including phenoxy) is 2. The summed E-state index contributed by atoms with van der Waals surface area (Å²) >= 11 is -2.87. The molecule has 12 heteroatoms. The molecule has 2 aromatic rings. The lowest BCUT2D eigenvalue weighted by atomic mass is 10.1. The predicted octanol–water partition coefficient (Wildman–Crippen LogP) is 1.41. The zero-order chi connectivity index (χ0) is 18.6. The molecule has 1 aromatic heterocycles. The van der Waals surface area contributed by atoms with E-state index in [9.17, 15) is 22.8 Å². The monoisotopic (exact) mass is 378 g/mol. The number of methoxy groups -OCH3 is 2. The van der Waals surface area contributed by atoms with Gasteiger partial charge in [-0.05, 0) is 6.07 Å². The highest BCUT2D eigenvalue weighted by Gasteiger charge is 2.28. The van der Waals surface area contributed by atoms with E-state index < -0.39 is 34.7 Å². The first-order valence-electron chi connectivity index (χ1n) is 6.63. The molecule has 2 atom stereocenters. The van der Waals surface area contributed by atoms with Crippen molar-refractivity contribution in [3.63, 3.8) is 0 Å². The van der Waals surface area contributed by atoms with Gasteiger partial charge in [0.2, 0.25) is 0 Å². The van der Waals surface area contributed by atoms with Crippen molar-refractivity contribution in [1.29, 1.82) is 0 Å². The summed E-state index contributed by atoms with van der Waals surface area (Å²) in [5.74, 6) is -4.51. The fourth-order valence-electron chi connectivity index (χ4n) is 1.82. The van der Waals surface area contributed by atoms with Crippen LogP contribution < -0.4 is 14.2 Å². The predicted molar refractivity (Wildman–Crippen MR) is 81.2 cm³/mol. The number of benzene rings is 1. The average molecular weight is 378 g/mol. The molecule has 0 aliphatic carbocycles. The molecule has 25 heavy (non-hydrogen) atoms. The third-order valence-corrected chi connectivity index (χ3v) is 3.66. The molecule has 0 bridgehead atoms. The van der Waals surface area contributed by atoms with Crippen LogP contribution in [0.5, 0.6) is 12.0 Å². The summed E-state index contributed by atoms with van der Waals surface area (Å²) in [7, 11) is 2.54. The maximum absolute atomic E-state index is 14.0. The molecular weight excluding hydrogens is 365 g/mol. The van der Waals surface area contributed by atoms with E-state index >= 15 is 0 Å². The van der Waals surface area contributed by atoms with Crippen molar-refractivity contribution in [3.05, 3.63) is 35.4 Å². The van der Waals surface area contributed by atoms with Crippen molar-refractivity contribution >= 4 is 17.0 Å². The van der Waals surface area contributed by atoms with Gasteiger partial charge in [-0.2, -0.15) is 23.5 Å². The van der Waals surface area contributed by atoms with Crippen LogP contribution >= 0.6 is 0 Å². The minimum absolute atomic E-state index is 0.178. The maximum atomic E-state index is 14.0. The van der Waals surface area contributed by atoms with E-state index in [2.05, 4.69) is 15.0 Å². The number of aliphatic hydroxyl groups is 1. The van der Waals surface area contributed by atoms with E-state index in [-0.39, 0.29) is 23.4 Å². The molecule has 0 saturated heterocycles. The zero-order valence-corrected chi connectivity index (χ0v) is 13.8. The first kappa shape index (κ1) is 19.0. The molecule has 2 rings (SSSR count). The number of aliphatic hydroxyl groups excluding tert-OH is 1. The van der Waals surface area contributed by atoms with Crippen molar-refractivity contribution in [3.8, 4) is 12.0 Å². The lowest BCUT2D eigenvalue weighted by Crippen LogP contribution is -2.23. The smallest absolute Gasteiger partial charge is 0.421 e. The van der Waals surface area contributed by atoms with Gasteiger partial charge < -0.3 is 19.1 Å². The van der Waals surface area contributed by atoms with Gasteiger partial charge in [0.05, 0.1) is 14.2 Å². The number of rotatable bonds is 7. The molecule has 0 spiro atoms. The molecule has 1 heterocycles. The first-order chi connectivity index (χ1) is 11.9. The van der Waals surface area contributed by atoms with Gasteiger partial charge in [0.25, 0.3) is 0 Å². The van der Waals surface area contributed by atoms with E-state index in [1.54, 1.807) is 0 Å². The highest BCUT2D eigenvalue weighted by molar-refractivity contribution is 7.93. The van der Waals surface area contributed by atoms with Gasteiger partial charge in [0.1, 0.15) is 23.2 Å². The number of hydrogen-bond acceptors (Lipinski definition) is 8. The number of para-hydroxylation sites is 1. The molecule has 2 N–H and O–H groups in total. The fraction of sp³-hybridized carbons (Fsp3) is 0.308. The Morgan fingerprint density at radius 3 is 2.28 bits per heavy atom. The number of anilines is 1. The lowest BCUT2D eigenvalue weighted by molar-refractivity contribution is 0.204. The minimum Gasteiger partial charge on any atom is -0.588 e. The number of nitrogens with zero attached hydrogens (tertiary/aromatic N) is 3. The molecule has 2 unspecified atom stereocenters. The van der Waals surface area contributed by atoms with Gasteiger partial charge in [0, 0.05) is 5.56 Å². The summed E-state index contributed by atoms with van der Waals surface area (Å²) in [6, 6.07) is 3.07. The van der Waals surface area contributed by atoms with Crippen LogP contribution in [-0.2, 0) is 11.4 Å². The van der Waals surface area contributed by atoms with Crippen molar-refractivity contribution in [2.45, 2.75) is 11.9 Å². The number of nitrogens with one attached hydrogen (secondary N) is 1. The Morgan fingerprint density at radius 1 is 1.16 bits per heavy atom. The minimum atomic E-state index is -3.25. The van der Waals surface area contributed by atoms with Crippen LogP contribution in [0, 0.1) is 5.82 Å². The largest absolute Gasteiger partial charge is 0.588 e. The summed E-state index contributed by atoms with van der Waals surface area (Å²) in [6.45, 7) is 0. The Bertz CT molecular complexity index is 718. The van der Waals surface area contributed by atoms with E-state index in [4.69, 9.17) is 9.47 Å². The van der Waals surface area contributed by atoms with Gasteiger partial charge in [-0.25, -0.2) is 4.39 Å². The van der Waals surface area contributed by atoms with Crippen molar-refractivity contribution in [2.24, 2.45) is 0 Å². The molecule has 0 fully saturated rings. The second-order valence-corrected chi connectivity index (χ2v) is 5.59. The van der Waals surface area contributed by atoms with Gasteiger partial charge in [-0.1, -0.05) is 12.1 Å². The van der Waals surface area contributed by atoms with Gasteiger partial charge in [-0.3, -0.25) is 0 Å². The normalized spacial score (nSPS) is 13.4. The first-order valence-corrected chi connectivity index (χ1v) is 7.84. The lowest BCUT2D eigenvalue weighted by Gasteiger charge is -2.17. The van der Waals surface area contributed by atoms with E-state index in [0.717, 1.165) is 6.07 Å². The Labute approximate surface area is 143 Å². The highest BCUT2D eigenvalue weighted by Crippen LogP contribution is 2.31. The van der Waals surface area contributed by atoms with Gasteiger partial charge >= 0.3 is 17.8 Å². The number of alkyl halides is 2. The third kappa shape index (κ3) is 4.41. The van der Waals surface area contributed by atoms with Crippen LogP contribution in [0.4, 0.5) is 18.9 Å². The maximum Gasteiger partial charge on any atom is 0.421 e. The number of halogens is 3. The molecule has 0 radical (unpaired) electrons. The number of aromatic nitrogens is 3. The summed E-state index contributed by atoms with van der Waals surface area (Å²) in [5.41, 5.74) is -0.767. The van der Waals surface area contributed by atoms with Crippen LogP contribution in [0.2, 0.25) is 0 Å². The molecule has 0 aliphatic rings. The standard InChI is InChI=1S/C13H13F3N4O4S/c1-23-12-17-10(18-13(19-12)24-2)9(21)6-4-3-5-7(14)8(6)20-25(22)11(15)16/h3-5,9,11,20-21H,1-2H3. The summed E-state index contributed by atoms with van der Waals surface area (Å²) in [5, 5.41) is 10.4. The van der Waals surface area contributed by atoms with Gasteiger partial charge in [-0.15, -0.1) is 4.98 Å². The number of hydrogen-bond donors (Lipinski definition) is 2. The van der Waals surface area contributed by atoms with E-state index in [1.807, 2.05) is 4.72 Å². The van der Waals surface area contributed by atoms with E-state index in [0.29, 0.717) is 0 Å². The van der Waals surface area contributed by atoms with Crippen LogP contribution in [0.15, 0.2) is 18.2 Å².